The van der Waals surface area contributed by atoms with Gasteiger partial charge in [-0.1, -0.05) is 105 Å². The minimum absolute atomic E-state index is 0.194. The molecule has 0 unspecified atom stereocenters. The molecule has 1 aromatic carbocycles. The van der Waals surface area contributed by atoms with Gasteiger partial charge < -0.3 is 26.2 Å². The minimum Gasteiger partial charge on any atom is -0.342 e. The highest BCUT2D eigenvalue weighted by Gasteiger charge is 2.40. The van der Waals surface area contributed by atoms with Crippen molar-refractivity contribution in [2.45, 2.75) is 111 Å². The van der Waals surface area contributed by atoms with Gasteiger partial charge in [-0.2, -0.15) is 0 Å². The molecule has 10 nitrogen and oxygen atoms in total. The zero-order valence-electron chi connectivity index (χ0n) is 27.4. The molecule has 240 valence electrons. The number of likely N-dealkylation sites (N-methyl/N-ethyl adjacent to an activating group) is 1. The average Bonchev–Trinajstić information content (AvgIpc) is 2.99. The fraction of sp³-hybridized carbons (Fsp3) is 0.667. The van der Waals surface area contributed by atoms with E-state index in [4.69, 9.17) is 0 Å². The molecular formula is C33H53N5O5. The van der Waals surface area contributed by atoms with Crippen molar-refractivity contribution in [2.24, 2.45) is 23.7 Å². The molecule has 2 rings (SSSR count). The van der Waals surface area contributed by atoms with Gasteiger partial charge in [0.15, 0.2) is 0 Å². The Balaban J connectivity index is 2.70. The first-order chi connectivity index (χ1) is 20.3. The molecule has 0 saturated carbocycles. The lowest BCUT2D eigenvalue weighted by atomic mass is 9.93. The molecule has 1 aliphatic rings. The number of nitrogens with zero attached hydrogens (tertiary/aromatic N) is 1. The van der Waals surface area contributed by atoms with Crippen LogP contribution in [0.5, 0.6) is 0 Å². The van der Waals surface area contributed by atoms with Crippen LogP contribution in [-0.2, 0) is 30.4 Å². The number of amides is 5. The summed E-state index contributed by atoms with van der Waals surface area (Å²) in [5, 5.41) is 11.6. The van der Waals surface area contributed by atoms with E-state index >= 15 is 0 Å². The lowest BCUT2D eigenvalue weighted by Gasteiger charge is -2.36. The largest absolute Gasteiger partial charge is 0.342 e. The molecule has 1 heterocycles. The van der Waals surface area contributed by atoms with Gasteiger partial charge in [0, 0.05) is 13.5 Å². The molecule has 1 aromatic rings. The molecule has 1 aliphatic heterocycles. The average molecular weight is 600 g/mol. The summed E-state index contributed by atoms with van der Waals surface area (Å²) in [6.07, 6.45) is 2.00. The number of hydrogen-bond donors (Lipinski definition) is 4. The number of benzene rings is 1. The Labute approximate surface area is 257 Å². The Morgan fingerprint density at radius 2 is 1.07 bits per heavy atom. The molecule has 0 aliphatic carbocycles. The maximum Gasteiger partial charge on any atom is 0.245 e. The Kier molecular flexibility index (Phi) is 13.7. The van der Waals surface area contributed by atoms with Gasteiger partial charge in [-0.3, -0.25) is 24.0 Å². The molecule has 1 fully saturated rings. The van der Waals surface area contributed by atoms with E-state index in [0.717, 1.165) is 5.56 Å². The van der Waals surface area contributed by atoms with Crippen LogP contribution in [0.1, 0.15) is 80.2 Å². The molecule has 0 bridgehead atoms. The first-order valence-corrected chi connectivity index (χ1v) is 15.8. The Morgan fingerprint density at radius 3 is 1.56 bits per heavy atom. The van der Waals surface area contributed by atoms with E-state index in [1.54, 1.807) is 7.05 Å². The van der Waals surface area contributed by atoms with E-state index in [0.29, 0.717) is 19.3 Å². The zero-order chi connectivity index (χ0) is 32.4. The van der Waals surface area contributed by atoms with Gasteiger partial charge in [0.25, 0.3) is 0 Å². The van der Waals surface area contributed by atoms with Crippen molar-refractivity contribution in [2.75, 3.05) is 7.05 Å². The van der Waals surface area contributed by atoms with Crippen molar-refractivity contribution < 1.29 is 24.0 Å². The SMILES string of the molecule is CC[C@H](C)[C@@H]1NC(=O)[C@H](Cc2ccccc2)NC(=O)[C@H]([C@@H](C)CC)NC(=O)[C@H](C(C)C)N(C)C(=O)[C@H]([C@@H](C)CC)NC1=O. The van der Waals surface area contributed by atoms with E-state index < -0.39 is 59.7 Å². The molecule has 43 heavy (non-hydrogen) atoms. The van der Waals surface area contributed by atoms with Gasteiger partial charge in [0.05, 0.1) is 0 Å². The predicted molar refractivity (Wildman–Crippen MR) is 168 cm³/mol. The Morgan fingerprint density at radius 1 is 0.628 bits per heavy atom. The second-order valence-electron chi connectivity index (χ2n) is 12.5. The maximum absolute atomic E-state index is 14.0. The number of rotatable bonds is 9. The lowest BCUT2D eigenvalue weighted by Crippen LogP contribution is -2.61. The van der Waals surface area contributed by atoms with Crippen LogP contribution in [0.15, 0.2) is 30.3 Å². The minimum atomic E-state index is -1.00. The predicted octanol–water partition coefficient (Wildman–Crippen LogP) is 2.80. The zero-order valence-corrected chi connectivity index (χ0v) is 27.4. The van der Waals surface area contributed by atoms with Crippen molar-refractivity contribution in [3.05, 3.63) is 35.9 Å². The van der Waals surface area contributed by atoms with Gasteiger partial charge >= 0.3 is 0 Å². The number of carbonyl (C=O) groups is 5. The fourth-order valence-corrected chi connectivity index (χ4v) is 5.43. The summed E-state index contributed by atoms with van der Waals surface area (Å²) in [5.74, 6) is -3.35. The van der Waals surface area contributed by atoms with E-state index in [1.165, 1.54) is 4.90 Å². The van der Waals surface area contributed by atoms with Gasteiger partial charge in [0.1, 0.15) is 30.2 Å². The third-order valence-corrected chi connectivity index (χ3v) is 8.94. The summed E-state index contributed by atoms with van der Waals surface area (Å²) in [6, 6.07) is 4.65. The van der Waals surface area contributed by atoms with Crippen molar-refractivity contribution in [3.8, 4) is 0 Å². The molecule has 0 aromatic heterocycles. The van der Waals surface area contributed by atoms with E-state index in [2.05, 4.69) is 21.3 Å². The lowest BCUT2D eigenvalue weighted by molar-refractivity contribution is -0.145. The highest BCUT2D eigenvalue weighted by molar-refractivity contribution is 5.98. The van der Waals surface area contributed by atoms with Crippen LogP contribution in [-0.4, -0.2) is 71.7 Å². The molecule has 4 N–H and O–H groups in total. The third kappa shape index (κ3) is 9.28. The Bertz CT molecular complexity index is 1110. The van der Waals surface area contributed by atoms with Crippen LogP contribution in [0.3, 0.4) is 0 Å². The van der Waals surface area contributed by atoms with Crippen LogP contribution in [0.25, 0.3) is 0 Å². The van der Waals surface area contributed by atoms with Gasteiger partial charge in [0.2, 0.25) is 29.5 Å². The molecule has 0 spiro atoms. The topological polar surface area (TPSA) is 137 Å². The van der Waals surface area contributed by atoms with Crippen LogP contribution in [0.4, 0.5) is 0 Å². The van der Waals surface area contributed by atoms with Crippen molar-refractivity contribution >= 4 is 29.5 Å². The summed E-state index contributed by atoms with van der Waals surface area (Å²) >= 11 is 0. The van der Waals surface area contributed by atoms with Crippen LogP contribution >= 0.6 is 0 Å². The van der Waals surface area contributed by atoms with Crippen molar-refractivity contribution in [3.63, 3.8) is 0 Å². The monoisotopic (exact) mass is 599 g/mol. The second-order valence-corrected chi connectivity index (χ2v) is 12.5. The number of hydrogen-bond acceptors (Lipinski definition) is 5. The van der Waals surface area contributed by atoms with Crippen LogP contribution in [0, 0.1) is 23.7 Å². The van der Waals surface area contributed by atoms with E-state index in [9.17, 15) is 24.0 Å². The summed E-state index contributed by atoms with van der Waals surface area (Å²) in [6.45, 7) is 15.1. The van der Waals surface area contributed by atoms with Gasteiger partial charge in [-0.05, 0) is 29.2 Å². The molecular weight excluding hydrogens is 546 g/mol. The van der Waals surface area contributed by atoms with E-state index in [1.807, 2.05) is 85.7 Å². The van der Waals surface area contributed by atoms with Crippen molar-refractivity contribution in [1.29, 1.82) is 0 Å². The quantitative estimate of drug-likeness (QED) is 0.346. The molecule has 5 amide bonds. The van der Waals surface area contributed by atoms with Crippen molar-refractivity contribution in [1.82, 2.24) is 26.2 Å². The second kappa shape index (κ2) is 16.4. The fourth-order valence-electron chi connectivity index (χ4n) is 5.43. The third-order valence-electron chi connectivity index (χ3n) is 8.94. The highest BCUT2D eigenvalue weighted by atomic mass is 16.2. The summed E-state index contributed by atoms with van der Waals surface area (Å²) in [5.41, 5.74) is 0.832. The normalized spacial score (nSPS) is 26.8. The summed E-state index contributed by atoms with van der Waals surface area (Å²) < 4.78 is 0. The highest BCUT2D eigenvalue weighted by Crippen LogP contribution is 2.19. The van der Waals surface area contributed by atoms with E-state index in [-0.39, 0.29) is 30.1 Å². The molecule has 1 saturated heterocycles. The molecule has 10 heteroatoms. The number of nitrogens with one attached hydrogen (secondary N) is 4. The first-order valence-electron chi connectivity index (χ1n) is 15.8. The van der Waals surface area contributed by atoms with Gasteiger partial charge in [-0.15, -0.1) is 0 Å². The maximum atomic E-state index is 14.0. The van der Waals surface area contributed by atoms with Gasteiger partial charge in [-0.25, -0.2) is 0 Å². The van der Waals surface area contributed by atoms with Crippen LogP contribution < -0.4 is 21.3 Å². The number of carbonyl (C=O) groups excluding carboxylic acids is 5. The standard InChI is InChI=1S/C33H53N5O5/c1-10-20(6)25-30(40)34-24(18-23-16-14-13-15-17-23)29(39)35-26(21(7)11-2)31(41)37-27(22(8)12-3)33(43)38(9)28(19(4)5)32(42)36-25/h13-17,19-22,24-28H,10-12,18H2,1-9H3,(H,34,40)(H,35,39)(H,36,42)(H,37,41)/t20-,21-,22-,24-,25-,26-,27-,28-/m0/s1. The summed E-state index contributed by atoms with van der Waals surface area (Å²) in [7, 11) is 1.56. The molecule has 0 radical (unpaired) electrons. The first kappa shape index (κ1) is 35.8. The van der Waals surface area contributed by atoms with Crippen LogP contribution in [0.2, 0.25) is 0 Å². The summed E-state index contributed by atoms with van der Waals surface area (Å²) in [4.78, 5) is 70.6. The smallest absolute Gasteiger partial charge is 0.245 e. The Hall–Kier alpha value is -3.43. The molecule has 8 atom stereocenters.